The molecule has 1 amide bonds. The van der Waals surface area contributed by atoms with Crippen molar-refractivity contribution < 1.29 is 18.7 Å². The van der Waals surface area contributed by atoms with Crippen LogP contribution in [0.5, 0.6) is 0 Å². The van der Waals surface area contributed by atoms with Crippen molar-refractivity contribution in [1.82, 2.24) is 4.90 Å². The van der Waals surface area contributed by atoms with E-state index in [1.165, 1.54) is 12.1 Å². The highest BCUT2D eigenvalue weighted by molar-refractivity contribution is 9.10. The van der Waals surface area contributed by atoms with E-state index in [2.05, 4.69) is 15.9 Å². The van der Waals surface area contributed by atoms with Gasteiger partial charge in [-0.25, -0.2) is 9.18 Å². The van der Waals surface area contributed by atoms with E-state index in [9.17, 15) is 14.0 Å². The maximum atomic E-state index is 13.1. The van der Waals surface area contributed by atoms with Crippen LogP contribution in [0.15, 0.2) is 22.7 Å². The number of ether oxygens (including phenoxy) is 1. The molecule has 0 spiro atoms. The summed E-state index contributed by atoms with van der Waals surface area (Å²) in [6, 6.07) is 3.74. The highest BCUT2D eigenvalue weighted by atomic mass is 79.9. The summed E-state index contributed by atoms with van der Waals surface area (Å²) in [5, 5.41) is 0. The molecule has 4 nitrogen and oxygen atoms in total. The first-order valence-corrected chi connectivity index (χ1v) is 7.46. The SMILES string of the molecule is CC(C)N(C(=O)COC(=O)c1cc(F)ccc1Br)C(C)C. The van der Waals surface area contributed by atoms with Crippen LogP contribution in [-0.4, -0.2) is 35.5 Å². The van der Waals surface area contributed by atoms with Crippen LogP contribution in [0.2, 0.25) is 0 Å². The van der Waals surface area contributed by atoms with Crippen LogP contribution in [-0.2, 0) is 9.53 Å². The molecule has 0 aromatic heterocycles. The summed E-state index contributed by atoms with van der Waals surface area (Å²) in [6.07, 6.45) is 0. The number of esters is 1. The summed E-state index contributed by atoms with van der Waals surface area (Å²) in [4.78, 5) is 25.6. The number of amides is 1. The van der Waals surface area contributed by atoms with Crippen molar-refractivity contribution >= 4 is 27.8 Å². The van der Waals surface area contributed by atoms with Crippen molar-refractivity contribution in [1.29, 1.82) is 0 Å². The van der Waals surface area contributed by atoms with Crippen molar-refractivity contribution in [3.8, 4) is 0 Å². The molecular weight excluding hydrogens is 341 g/mol. The molecule has 6 heteroatoms. The predicted molar refractivity (Wildman–Crippen MR) is 81.5 cm³/mol. The zero-order chi connectivity index (χ0) is 16.2. The molecule has 0 heterocycles. The molecule has 21 heavy (non-hydrogen) atoms. The quantitative estimate of drug-likeness (QED) is 0.757. The molecule has 116 valence electrons. The lowest BCUT2D eigenvalue weighted by atomic mass is 10.2. The third-order valence-corrected chi connectivity index (χ3v) is 3.57. The van der Waals surface area contributed by atoms with Crippen LogP contribution in [0.3, 0.4) is 0 Å². The van der Waals surface area contributed by atoms with E-state index in [-0.39, 0.29) is 30.2 Å². The first-order chi connectivity index (χ1) is 9.73. The fraction of sp³-hybridized carbons (Fsp3) is 0.467. The summed E-state index contributed by atoms with van der Waals surface area (Å²) in [6.45, 7) is 7.20. The van der Waals surface area contributed by atoms with Gasteiger partial charge in [0.1, 0.15) is 5.82 Å². The average molecular weight is 360 g/mol. The van der Waals surface area contributed by atoms with Gasteiger partial charge in [-0.3, -0.25) is 4.79 Å². The molecule has 0 bridgehead atoms. The highest BCUT2D eigenvalue weighted by Crippen LogP contribution is 2.19. The number of nitrogens with zero attached hydrogens (tertiary/aromatic N) is 1. The third-order valence-electron chi connectivity index (χ3n) is 2.88. The summed E-state index contributed by atoms with van der Waals surface area (Å²) in [7, 11) is 0. The minimum absolute atomic E-state index is 0.0112. The molecule has 0 radical (unpaired) electrons. The lowest BCUT2D eigenvalue weighted by molar-refractivity contribution is -0.138. The van der Waals surface area contributed by atoms with Gasteiger partial charge in [0.2, 0.25) is 0 Å². The Hall–Kier alpha value is -1.43. The van der Waals surface area contributed by atoms with Gasteiger partial charge in [-0.05, 0) is 61.8 Å². The van der Waals surface area contributed by atoms with Crippen molar-refractivity contribution in [2.24, 2.45) is 0 Å². The molecule has 1 rings (SSSR count). The number of hydrogen-bond donors (Lipinski definition) is 0. The van der Waals surface area contributed by atoms with Crippen LogP contribution >= 0.6 is 15.9 Å². The monoisotopic (exact) mass is 359 g/mol. The Morgan fingerprint density at radius 1 is 1.24 bits per heavy atom. The van der Waals surface area contributed by atoms with E-state index >= 15 is 0 Å². The van der Waals surface area contributed by atoms with Crippen molar-refractivity contribution in [2.45, 2.75) is 39.8 Å². The topological polar surface area (TPSA) is 46.6 Å². The van der Waals surface area contributed by atoms with Crippen molar-refractivity contribution in [3.05, 3.63) is 34.1 Å². The lowest BCUT2D eigenvalue weighted by Crippen LogP contribution is -2.44. The van der Waals surface area contributed by atoms with E-state index < -0.39 is 11.8 Å². The van der Waals surface area contributed by atoms with Gasteiger partial charge in [-0.2, -0.15) is 0 Å². The summed E-state index contributed by atoms with van der Waals surface area (Å²) in [5.74, 6) is -1.55. The average Bonchev–Trinajstić information content (AvgIpc) is 2.38. The van der Waals surface area contributed by atoms with Crippen LogP contribution in [0.1, 0.15) is 38.1 Å². The molecule has 1 aromatic rings. The number of halogens is 2. The Labute approximate surface area is 132 Å². The summed E-state index contributed by atoms with van der Waals surface area (Å²) in [5.41, 5.74) is 0.0587. The van der Waals surface area contributed by atoms with E-state index in [4.69, 9.17) is 4.74 Å². The standard InChI is InChI=1S/C15H19BrFNO3/c1-9(2)18(10(3)4)14(19)8-21-15(20)12-7-11(17)5-6-13(12)16/h5-7,9-10H,8H2,1-4H3. The molecule has 0 saturated carbocycles. The third kappa shape index (κ3) is 4.81. The van der Waals surface area contributed by atoms with Gasteiger partial charge in [-0.1, -0.05) is 0 Å². The smallest absolute Gasteiger partial charge is 0.339 e. The van der Waals surface area contributed by atoms with Crippen molar-refractivity contribution in [3.63, 3.8) is 0 Å². The maximum Gasteiger partial charge on any atom is 0.339 e. The minimum Gasteiger partial charge on any atom is -0.452 e. The van der Waals surface area contributed by atoms with Crippen LogP contribution < -0.4 is 0 Å². The maximum absolute atomic E-state index is 13.1. The molecule has 0 fully saturated rings. The Morgan fingerprint density at radius 2 is 1.81 bits per heavy atom. The van der Waals surface area contributed by atoms with Gasteiger partial charge in [0.25, 0.3) is 5.91 Å². The molecule has 0 aliphatic rings. The summed E-state index contributed by atoms with van der Waals surface area (Å²) < 4.78 is 18.5. The van der Waals surface area contributed by atoms with E-state index in [0.717, 1.165) is 6.07 Å². The van der Waals surface area contributed by atoms with E-state index in [1.807, 2.05) is 27.7 Å². The first kappa shape index (κ1) is 17.6. The first-order valence-electron chi connectivity index (χ1n) is 6.67. The van der Waals surface area contributed by atoms with Gasteiger partial charge in [0.15, 0.2) is 6.61 Å². The molecule has 0 saturated heterocycles. The number of hydrogen-bond acceptors (Lipinski definition) is 3. The lowest BCUT2D eigenvalue weighted by Gasteiger charge is -2.30. The van der Waals surface area contributed by atoms with Crippen LogP contribution in [0.25, 0.3) is 0 Å². The second-order valence-corrected chi connectivity index (χ2v) is 6.04. The van der Waals surface area contributed by atoms with E-state index in [1.54, 1.807) is 4.90 Å². The second-order valence-electron chi connectivity index (χ2n) is 5.19. The fourth-order valence-corrected chi connectivity index (χ4v) is 2.51. The van der Waals surface area contributed by atoms with Crippen LogP contribution in [0.4, 0.5) is 4.39 Å². The van der Waals surface area contributed by atoms with Gasteiger partial charge in [0, 0.05) is 16.6 Å². The number of carbonyl (C=O) groups is 2. The Balaban J connectivity index is 2.72. The molecule has 0 unspecified atom stereocenters. The zero-order valence-electron chi connectivity index (χ0n) is 12.5. The molecule has 0 aliphatic carbocycles. The molecule has 0 N–H and O–H groups in total. The number of rotatable bonds is 5. The number of benzene rings is 1. The Bertz CT molecular complexity index is 524. The molecule has 0 atom stereocenters. The normalized spacial score (nSPS) is 10.9. The van der Waals surface area contributed by atoms with Crippen LogP contribution in [0, 0.1) is 5.82 Å². The zero-order valence-corrected chi connectivity index (χ0v) is 14.1. The van der Waals surface area contributed by atoms with Crippen molar-refractivity contribution in [2.75, 3.05) is 6.61 Å². The number of carbonyl (C=O) groups excluding carboxylic acids is 2. The Kier molecular flexibility index (Phi) is 6.33. The second kappa shape index (κ2) is 7.54. The minimum atomic E-state index is -0.734. The fourth-order valence-electron chi connectivity index (χ4n) is 2.11. The predicted octanol–water partition coefficient (Wildman–Crippen LogP) is 3.39. The molecular formula is C15H19BrFNO3. The van der Waals surface area contributed by atoms with Gasteiger partial charge in [0.05, 0.1) is 5.56 Å². The van der Waals surface area contributed by atoms with Gasteiger partial charge < -0.3 is 9.64 Å². The van der Waals surface area contributed by atoms with E-state index in [0.29, 0.717) is 4.47 Å². The molecule has 0 aliphatic heterocycles. The molecule has 1 aromatic carbocycles. The largest absolute Gasteiger partial charge is 0.452 e. The highest BCUT2D eigenvalue weighted by Gasteiger charge is 2.22. The summed E-state index contributed by atoms with van der Waals surface area (Å²) >= 11 is 3.15. The van der Waals surface area contributed by atoms with Gasteiger partial charge >= 0.3 is 5.97 Å². The Morgan fingerprint density at radius 3 is 2.33 bits per heavy atom. The van der Waals surface area contributed by atoms with Gasteiger partial charge in [-0.15, -0.1) is 0 Å².